The van der Waals surface area contributed by atoms with Gasteiger partial charge in [-0.1, -0.05) is 159 Å². The fraction of sp³-hybridized carbons (Fsp3) is 0.0690. The molecule has 0 fully saturated rings. The van der Waals surface area contributed by atoms with E-state index in [4.69, 9.17) is 0 Å². The molecule has 0 atom stereocenters. The Morgan fingerprint density at radius 1 is 0.300 bits per heavy atom. The molecule has 2 nitrogen and oxygen atoms in total. The van der Waals surface area contributed by atoms with Crippen LogP contribution in [0.3, 0.4) is 0 Å². The molecule has 2 aliphatic carbocycles. The van der Waals surface area contributed by atoms with Crippen molar-refractivity contribution in [3.63, 3.8) is 0 Å². The first kappa shape index (κ1) is 33.5. The second kappa shape index (κ2) is 12.1. The maximum atomic E-state index is 2.48. The summed E-state index contributed by atoms with van der Waals surface area (Å²) in [5, 5.41) is 5.03. The van der Waals surface area contributed by atoms with E-state index in [1.807, 2.05) is 0 Å². The Balaban J connectivity index is 1.00. The molecule has 2 aliphatic rings. The quantitative estimate of drug-likeness (QED) is 0.170. The lowest BCUT2D eigenvalue weighted by Gasteiger charge is -2.46. The maximum Gasteiger partial charge on any atom is 0.0719 e. The third-order valence-electron chi connectivity index (χ3n) is 14.0. The summed E-state index contributed by atoms with van der Waals surface area (Å²) in [7, 11) is 0. The summed E-state index contributed by atoms with van der Waals surface area (Å²) in [6, 6.07) is 77.1. The molecule has 13 rings (SSSR count). The number of benzene rings is 9. The zero-order valence-corrected chi connectivity index (χ0v) is 33.5. The predicted molar refractivity (Wildman–Crippen MR) is 250 cm³/mol. The average molecular weight is 765 g/mol. The molecular formula is C58H40N2. The van der Waals surface area contributed by atoms with E-state index in [9.17, 15) is 0 Å². The van der Waals surface area contributed by atoms with Gasteiger partial charge in [0.2, 0.25) is 0 Å². The molecule has 0 bridgehead atoms. The van der Waals surface area contributed by atoms with Gasteiger partial charge in [-0.2, -0.15) is 0 Å². The molecule has 0 saturated heterocycles. The molecule has 1 spiro atoms. The van der Waals surface area contributed by atoms with Crippen LogP contribution in [0.25, 0.3) is 77.2 Å². The summed E-state index contributed by atoms with van der Waals surface area (Å²) in [4.78, 5) is 0. The van der Waals surface area contributed by atoms with Gasteiger partial charge in [0.1, 0.15) is 0 Å². The van der Waals surface area contributed by atoms with Gasteiger partial charge in [-0.3, -0.25) is 0 Å². The van der Waals surface area contributed by atoms with Crippen LogP contribution in [0.1, 0.15) is 47.2 Å². The molecule has 60 heavy (non-hydrogen) atoms. The van der Waals surface area contributed by atoms with Crippen LogP contribution < -0.4 is 0 Å². The molecule has 2 aromatic heterocycles. The third-order valence-corrected chi connectivity index (χ3v) is 14.0. The largest absolute Gasteiger partial charge is 0.309 e. The van der Waals surface area contributed by atoms with Crippen molar-refractivity contribution in [1.29, 1.82) is 0 Å². The maximum absolute atomic E-state index is 2.48. The first-order valence-electron chi connectivity index (χ1n) is 21.1. The lowest BCUT2D eigenvalue weighted by atomic mass is 9.55. The molecule has 0 saturated carbocycles. The molecule has 2 heterocycles. The van der Waals surface area contributed by atoms with Crippen molar-refractivity contribution < 1.29 is 0 Å². The van der Waals surface area contributed by atoms with E-state index in [0.717, 1.165) is 0 Å². The van der Waals surface area contributed by atoms with Crippen molar-refractivity contribution in [3.05, 3.63) is 240 Å². The number of rotatable bonds is 3. The first-order chi connectivity index (χ1) is 29.5. The van der Waals surface area contributed by atoms with Gasteiger partial charge in [0.15, 0.2) is 0 Å². The minimum absolute atomic E-state index is 0.120. The zero-order chi connectivity index (χ0) is 39.7. The van der Waals surface area contributed by atoms with Crippen LogP contribution in [0.4, 0.5) is 0 Å². The molecule has 0 radical (unpaired) electrons. The number of para-hydroxylation sites is 3. The van der Waals surface area contributed by atoms with Gasteiger partial charge in [-0.25, -0.2) is 0 Å². The average Bonchev–Trinajstić information content (AvgIpc) is 3.92. The Morgan fingerprint density at radius 2 is 0.750 bits per heavy atom. The second-order valence-electron chi connectivity index (χ2n) is 17.2. The number of fused-ring (bicyclic) bond motifs is 15. The van der Waals surface area contributed by atoms with Crippen LogP contribution in [-0.2, 0) is 10.8 Å². The summed E-state index contributed by atoms with van der Waals surface area (Å²) >= 11 is 0. The minimum Gasteiger partial charge on any atom is -0.309 e. The van der Waals surface area contributed by atoms with Gasteiger partial charge >= 0.3 is 0 Å². The summed E-state index contributed by atoms with van der Waals surface area (Å²) < 4.78 is 4.86. The Hall–Kier alpha value is -7.42. The van der Waals surface area contributed by atoms with Gasteiger partial charge in [0.25, 0.3) is 0 Å². The summed E-state index contributed by atoms with van der Waals surface area (Å²) in [6.45, 7) is 4.78. The Kier molecular flexibility index (Phi) is 6.74. The molecular weight excluding hydrogens is 725 g/mol. The topological polar surface area (TPSA) is 9.86 Å². The van der Waals surface area contributed by atoms with Crippen LogP contribution in [0.15, 0.2) is 206 Å². The van der Waals surface area contributed by atoms with Crippen molar-refractivity contribution in [2.75, 3.05) is 0 Å². The van der Waals surface area contributed by atoms with Crippen LogP contribution in [-0.4, -0.2) is 9.13 Å². The van der Waals surface area contributed by atoms with Crippen molar-refractivity contribution in [1.82, 2.24) is 9.13 Å². The van der Waals surface area contributed by atoms with E-state index < -0.39 is 5.41 Å². The number of nitrogens with zero attached hydrogens (tertiary/aromatic N) is 2. The van der Waals surface area contributed by atoms with E-state index in [0.29, 0.717) is 0 Å². The Labute approximate surface area is 349 Å². The van der Waals surface area contributed by atoms with E-state index >= 15 is 0 Å². The van der Waals surface area contributed by atoms with E-state index in [1.165, 1.54) is 111 Å². The molecule has 9 aromatic carbocycles. The van der Waals surface area contributed by atoms with E-state index in [-0.39, 0.29) is 5.41 Å². The standard InChI is InChI=1S/C58H40N2/c1-57(2)49-22-10-12-24-51(49)58(52-25-13-11-23-50(52)57)47-21-9-6-18-41(47)44-36-40(30-31-48(44)58)60-54-27-15-8-20-43(54)46-35-38(29-33-56(46)60)37-28-32-55-45(34-37)42-19-7-14-26-53(42)59(55)39-16-4-3-5-17-39/h3-36H,1-2H3. The molecule has 0 unspecified atom stereocenters. The number of hydrogen-bond donors (Lipinski definition) is 0. The normalized spacial score (nSPS) is 14.4. The lowest BCUT2D eigenvalue weighted by Crippen LogP contribution is -2.40. The van der Waals surface area contributed by atoms with Crippen molar-refractivity contribution >= 4 is 43.6 Å². The summed E-state index contributed by atoms with van der Waals surface area (Å²) in [6.07, 6.45) is 0. The SMILES string of the molecule is CC1(C)c2ccccc2C2(c3ccccc3-c3cc(-n4c5ccccc5c5cc(-c6ccc7c(c6)c6ccccc6n7-c6ccccc6)ccc54)ccc32)c2ccccc21. The summed E-state index contributed by atoms with van der Waals surface area (Å²) in [5.41, 5.74) is 20.0. The van der Waals surface area contributed by atoms with Crippen molar-refractivity contribution in [2.45, 2.75) is 24.7 Å². The molecule has 0 aliphatic heterocycles. The van der Waals surface area contributed by atoms with Crippen molar-refractivity contribution in [2.24, 2.45) is 0 Å². The van der Waals surface area contributed by atoms with E-state index in [2.05, 4.69) is 229 Å². The summed E-state index contributed by atoms with van der Waals surface area (Å²) in [5.74, 6) is 0. The fourth-order valence-corrected chi connectivity index (χ4v) is 11.4. The highest BCUT2D eigenvalue weighted by atomic mass is 15.0. The first-order valence-corrected chi connectivity index (χ1v) is 21.1. The smallest absolute Gasteiger partial charge is 0.0719 e. The lowest BCUT2D eigenvalue weighted by molar-refractivity contribution is 0.563. The third kappa shape index (κ3) is 4.27. The molecule has 2 heteroatoms. The van der Waals surface area contributed by atoms with Crippen LogP contribution >= 0.6 is 0 Å². The van der Waals surface area contributed by atoms with Crippen LogP contribution in [0.5, 0.6) is 0 Å². The minimum atomic E-state index is -0.405. The monoisotopic (exact) mass is 764 g/mol. The van der Waals surface area contributed by atoms with Crippen LogP contribution in [0, 0.1) is 0 Å². The molecule has 0 amide bonds. The highest BCUT2D eigenvalue weighted by Gasteiger charge is 2.53. The van der Waals surface area contributed by atoms with Gasteiger partial charge in [0, 0.05) is 38.3 Å². The molecule has 0 N–H and O–H groups in total. The van der Waals surface area contributed by atoms with E-state index in [1.54, 1.807) is 0 Å². The second-order valence-corrected chi connectivity index (χ2v) is 17.2. The highest BCUT2D eigenvalue weighted by molar-refractivity contribution is 6.13. The van der Waals surface area contributed by atoms with Gasteiger partial charge in [0.05, 0.1) is 27.5 Å². The Morgan fingerprint density at radius 3 is 1.35 bits per heavy atom. The Bertz CT molecular complexity index is 3530. The zero-order valence-electron chi connectivity index (χ0n) is 33.5. The van der Waals surface area contributed by atoms with Crippen molar-refractivity contribution in [3.8, 4) is 33.6 Å². The highest BCUT2D eigenvalue weighted by Crippen LogP contribution is 2.62. The van der Waals surface area contributed by atoms with Gasteiger partial charge in [-0.15, -0.1) is 0 Å². The predicted octanol–water partition coefficient (Wildman–Crippen LogP) is 14.6. The molecule has 282 valence electrons. The number of aromatic nitrogens is 2. The van der Waals surface area contributed by atoms with Gasteiger partial charge < -0.3 is 9.13 Å². The van der Waals surface area contributed by atoms with Crippen LogP contribution in [0.2, 0.25) is 0 Å². The number of hydrogen-bond acceptors (Lipinski definition) is 0. The fourth-order valence-electron chi connectivity index (χ4n) is 11.4. The van der Waals surface area contributed by atoms with Gasteiger partial charge in [-0.05, 0) is 116 Å². The molecule has 11 aromatic rings.